The van der Waals surface area contributed by atoms with E-state index in [-0.39, 0.29) is 0 Å². The van der Waals surface area contributed by atoms with Gasteiger partial charge in [-0.1, -0.05) is 0 Å². The summed E-state index contributed by atoms with van der Waals surface area (Å²) in [6.45, 7) is 6.05. The average Bonchev–Trinajstić information content (AvgIpc) is 2.19. The second-order valence-electron chi connectivity index (χ2n) is 2.71. The van der Waals surface area contributed by atoms with Crippen molar-refractivity contribution in [2.24, 2.45) is 0 Å². The Labute approximate surface area is 93.9 Å². The Kier molecular flexibility index (Phi) is 4.48. The molecule has 1 rings (SSSR count). The second-order valence-corrected chi connectivity index (χ2v) is 3.87. The maximum Gasteiger partial charge on any atom is 0.225 e. The van der Waals surface area contributed by atoms with Crippen LogP contribution in [-0.2, 0) is 0 Å². The first-order valence-corrected chi connectivity index (χ1v) is 6.15. The highest BCUT2D eigenvalue weighted by molar-refractivity contribution is 7.98. The average molecular weight is 232 g/mol. The molecular formula is C9H14ClN3S. The SMILES string of the molecule is CCN(CC)c1cc(SC)nc(Cl)n1. The number of rotatable bonds is 4. The number of halogens is 1. The summed E-state index contributed by atoms with van der Waals surface area (Å²) in [5.74, 6) is 0.902. The van der Waals surface area contributed by atoms with Gasteiger partial charge in [-0.05, 0) is 31.7 Å². The van der Waals surface area contributed by atoms with Crippen LogP contribution < -0.4 is 4.90 Å². The second kappa shape index (κ2) is 5.41. The summed E-state index contributed by atoms with van der Waals surface area (Å²) in [5, 5.41) is 1.23. The van der Waals surface area contributed by atoms with E-state index in [0.717, 1.165) is 23.9 Å². The molecule has 5 heteroatoms. The molecule has 14 heavy (non-hydrogen) atoms. The van der Waals surface area contributed by atoms with Crippen LogP contribution in [0.25, 0.3) is 0 Å². The summed E-state index contributed by atoms with van der Waals surface area (Å²) in [7, 11) is 0. The van der Waals surface area contributed by atoms with E-state index in [1.807, 2.05) is 12.3 Å². The van der Waals surface area contributed by atoms with Gasteiger partial charge >= 0.3 is 0 Å². The Balaban J connectivity index is 3.01. The Morgan fingerprint density at radius 2 is 2.00 bits per heavy atom. The molecule has 0 N–H and O–H groups in total. The maximum atomic E-state index is 5.82. The largest absolute Gasteiger partial charge is 0.357 e. The molecule has 0 fully saturated rings. The quantitative estimate of drug-likeness (QED) is 0.453. The van der Waals surface area contributed by atoms with Gasteiger partial charge in [-0.3, -0.25) is 0 Å². The van der Waals surface area contributed by atoms with E-state index in [0.29, 0.717) is 5.28 Å². The zero-order valence-corrected chi connectivity index (χ0v) is 10.2. The lowest BCUT2D eigenvalue weighted by atomic mass is 10.4. The van der Waals surface area contributed by atoms with Crippen molar-refractivity contribution in [3.05, 3.63) is 11.3 Å². The lowest BCUT2D eigenvalue weighted by molar-refractivity contribution is 0.833. The van der Waals surface area contributed by atoms with Crippen molar-refractivity contribution in [1.29, 1.82) is 0 Å². The van der Waals surface area contributed by atoms with E-state index in [2.05, 4.69) is 28.7 Å². The van der Waals surface area contributed by atoms with Gasteiger partial charge in [0.15, 0.2) is 0 Å². The van der Waals surface area contributed by atoms with Crippen LogP contribution in [0, 0.1) is 0 Å². The van der Waals surface area contributed by atoms with E-state index in [9.17, 15) is 0 Å². The summed E-state index contributed by atoms with van der Waals surface area (Å²) in [6.07, 6.45) is 1.98. The highest BCUT2D eigenvalue weighted by Gasteiger charge is 2.07. The Morgan fingerprint density at radius 1 is 1.36 bits per heavy atom. The van der Waals surface area contributed by atoms with Crippen molar-refractivity contribution in [3.63, 3.8) is 0 Å². The van der Waals surface area contributed by atoms with Crippen LogP contribution in [0.3, 0.4) is 0 Å². The van der Waals surface area contributed by atoms with E-state index in [4.69, 9.17) is 11.6 Å². The zero-order chi connectivity index (χ0) is 10.6. The van der Waals surface area contributed by atoms with Crippen LogP contribution in [0.15, 0.2) is 11.1 Å². The van der Waals surface area contributed by atoms with Crippen molar-refractivity contribution in [3.8, 4) is 0 Å². The molecule has 0 bridgehead atoms. The molecule has 1 aromatic rings. The fourth-order valence-electron chi connectivity index (χ4n) is 1.20. The first kappa shape index (κ1) is 11.6. The summed E-state index contributed by atoms with van der Waals surface area (Å²) >= 11 is 7.40. The third kappa shape index (κ3) is 2.75. The van der Waals surface area contributed by atoms with E-state index >= 15 is 0 Å². The normalized spacial score (nSPS) is 10.3. The van der Waals surface area contributed by atoms with Gasteiger partial charge in [-0.25, -0.2) is 9.97 Å². The van der Waals surface area contributed by atoms with Gasteiger partial charge in [0.25, 0.3) is 0 Å². The highest BCUT2D eigenvalue weighted by atomic mass is 35.5. The molecule has 0 atom stereocenters. The predicted octanol–water partition coefficient (Wildman–Crippen LogP) is 2.70. The molecule has 0 amide bonds. The lowest BCUT2D eigenvalue weighted by Crippen LogP contribution is -2.23. The van der Waals surface area contributed by atoms with Crippen LogP contribution >= 0.6 is 23.4 Å². The number of thioether (sulfide) groups is 1. The third-order valence-corrected chi connectivity index (χ3v) is 2.75. The van der Waals surface area contributed by atoms with Gasteiger partial charge in [0.2, 0.25) is 5.28 Å². The molecule has 0 saturated heterocycles. The van der Waals surface area contributed by atoms with E-state index < -0.39 is 0 Å². The Hall–Kier alpha value is -0.480. The molecule has 3 nitrogen and oxygen atoms in total. The Morgan fingerprint density at radius 3 is 2.50 bits per heavy atom. The molecule has 0 aromatic carbocycles. The van der Waals surface area contributed by atoms with Crippen molar-refractivity contribution in [2.75, 3.05) is 24.2 Å². The van der Waals surface area contributed by atoms with Crippen molar-refractivity contribution in [2.45, 2.75) is 18.9 Å². The molecule has 78 valence electrons. The van der Waals surface area contributed by atoms with Crippen molar-refractivity contribution in [1.82, 2.24) is 9.97 Å². The third-order valence-electron chi connectivity index (χ3n) is 1.96. The van der Waals surface area contributed by atoms with Crippen LogP contribution in [0.5, 0.6) is 0 Å². The summed E-state index contributed by atoms with van der Waals surface area (Å²) in [4.78, 5) is 10.4. The molecule has 0 aliphatic carbocycles. The summed E-state index contributed by atoms with van der Waals surface area (Å²) in [6, 6.07) is 1.96. The molecule has 1 aromatic heterocycles. The fourth-order valence-corrected chi connectivity index (χ4v) is 1.83. The van der Waals surface area contributed by atoms with Crippen molar-refractivity contribution < 1.29 is 0 Å². The maximum absolute atomic E-state index is 5.82. The standard InChI is InChI=1S/C9H14ClN3S/c1-4-13(5-2)7-6-8(14-3)12-9(10)11-7/h6H,4-5H2,1-3H3. The van der Waals surface area contributed by atoms with Gasteiger partial charge < -0.3 is 4.90 Å². The molecule has 0 unspecified atom stereocenters. The van der Waals surface area contributed by atoms with Gasteiger partial charge in [0, 0.05) is 19.2 Å². The molecule has 0 spiro atoms. The minimum absolute atomic E-state index is 0.318. The zero-order valence-electron chi connectivity index (χ0n) is 8.62. The van der Waals surface area contributed by atoms with Crippen LogP contribution in [-0.4, -0.2) is 29.3 Å². The van der Waals surface area contributed by atoms with Gasteiger partial charge in [0.1, 0.15) is 10.8 Å². The minimum atomic E-state index is 0.318. The number of hydrogen-bond acceptors (Lipinski definition) is 4. The van der Waals surface area contributed by atoms with Gasteiger partial charge in [-0.15, -0.1) is 11.8 Å². The first-order chi connectivity index (χ1) is 6.71. The molecule has 1 heterocycles. The summed E-state index contributed by atoms with van der Waals surface area (Å²) < 4.78 is 0. The number of anilines is 1. The number of nitrogens with zero attached hydrogens (tertiary/aromatic N) is 3. The van der Waals surface area contributed by atoms with Gasteiger partial charge in [-0.2, -0.15) is 0 Å². The Bertz CT molecular complexity index is 302. The minimum Gasteiger partial charge on any atom is -0.357 e. The highest BCUT2D eigenvalue weighted by Crippen LogP contribution is 2.20. The molecule has 0 radical (unpaired) electrons. The van der Waals surface area contributed by atoms with E-state index in [1.54, 1.807) is 11.8 Å². The van der Waals surface area contributed by atoms with E-state index in [1.165, 1.54) is 0 Å². The van der Waals surface area contributed by atoms with Crippen molar-refractivity contribution >= 4 is 29.2 Å². The van der Waals surface area contributed by atoms with Gasteiger partial charge in [0.05, 0.1) is 0 Å². The molecule has 0 aliphatic heterocycles. The monoisotopic (exact) mass is 231 g/mol. The molecule has 0 saturated carbocycles. The van der Waals surface area contributed by atoms with Crippen LogP contribution in [0.4, 0.5) is 5.82 Å². The number of aromatic nitrogens is 2. The van der Waals surface area contributed by atoms with Crippen LogP contribution in [0.2, 0.25) is 5.28 Å². The molecule has 0 aliphatic rings. The summed E-state index contributed by atoms with van der Waals surface area (Å²) in [5.41, 5.74) is 0. The number of hydrogen-bond donors (Lipinski definition) is 0. The fraction of sp³-hybridized carbons (Fsp3) is 0.556. The lowest BCUT2D eigenvalue weighted by Gasteiger charge is -2.19. The first-order valence-electron chi connectivity index (χ1n) is 4.54. The van der Waals surface area contributed by atoms with Crippen LogP contribution in [0.1, 0.15) is 13.8 Å². The smallest absolute Gasteiger partial charge is 0.225 e. The topological polar surface area (TPSA) is 29.0 Å². The molecular weight excluding hydrogens is 218 g/mol. The predicted molar refractivity (Wildman–Crippen MR) is 62.4 cm³/mol.